The standard InChI is InChI=1S/C38H51N5O2S/c1-5-30(6-2)43-35-18-17-29(24-33(35)40-36(43)25-32-16-12-22-46-32)37(44)41-34(23-27(3)4)38(45)39-20-19-31-15-10-11-21-42(31)26-28-13-8-7-9-14-28/h7-9,12-14,16-18,22,24,27,30-31,34H,5-6,10-11,15,19-21,23,25-26H2,1-4H3,(H,39,45)(H,41,44)/t31?,34-/m0/s1. The first-order valence-corrected chi connectivity index (χ1v) is 18.1. The normalized spacial score (nSPS) is 16.3. The van der Waals surface area contributed by atoms with Crippen molar-refractivity contribution in [2.45, 2.75) is 104 Å². The molecule has 1 saturated heterocycles. The Morgan fingerprint density at radius 3 is 2.54 bits per heavy atom. The summed E-state index contributed by atoms with van der Waals surface area (Å²) in [6.07, 6.45) is 7.88. The Bertz CT molecular complexity index is 1540. The third-order valence-electron chi connectivity index (χ3n) is 9.33. The zero-order valence-corrected chi connectivity index (χ0v) is 28.8. The molecule has 1 aliphatic rings. The molecular weight excluding hydrogens is 591 g/mol. The highest BCUT2D eigenvalue weighted by Gasteiger charge is 2.26. The summed E-state index contributed by atoms with van der Waals surface area (Å²) < 4.78 is 2.36. The number of likely N-dealkylation sites (tertiary alicyclic amines) is 1. The maximum atomic E-state index is 13.6. The molecule has 1 fully saturated rings. The molecule has 2 aromatic heterocycles. The Morgan fingerprint density at radius 2 is 1.83 bits per heavy atom. The van der Waals surface area contributed by atoms with Gasteiger partial charge in [-0.15, -0.1) is 11.3 Å². The Hall–Kier alpha value is -3.49. The fraction of sp³-hybridized carbons (Fsp3) is 0.500. The maximum absolute atomic E-state index is 13.6. The minimum Gasteiger partial charge on any atom is -0.354 e. The molecule has 5 rings (SSSR count). The van der Waals surface area contributed by atoms with E-state index >= 15 is 0 Å². The van der Waals surface area contributed by atoms with Crippen LogP contribution in [-0.4, -0.2) is 51.4 Å². The Morgan fingerprint density at radius 1 is 1.02 bits per heavy atom. The van der Waals surface area contributed by atoms with Gasteiger partial charge < -0.3 is 15.2 Å². The van der Waals surface area contributed by atoms with Crippen molar-refractivity contribution in [3.8, 4) is 0 Å². The van der Waals surface area contributed by atoms with E-state index in [-0.39, 0.29) is 17.7 Å². The van der Waals surface area contributed by atoms with E-state index in [0.29, 0.717) is 30.6 Å². The zero-order valence-electron chi connectivity index (χ0n) is 28.0. The lowest BCUT2D eigenvalue weighted by Gasteiger charge is -2.36. The summed E-state index contributed by atoms with van der Waals surface area (Å²) in [5, 5.41) is 8.34. The first-order chi connectivity index (χ1) is 22.4. The van der Waals surface area contributed by atoms with E-state index in [1.165, 1.54) is 23.3 Å². The number of benzene rings is 2. The third-order valence-corrected chi connectivity index (χ3v) is 10.2. The Kier molecular flexibility index (Phi) is 12.0. The van der Waals surface area contributed by atoms with E-state index in [9.17, 15) is 9.59 Å². The highest BCUT2D eigenvalue weighted by Crippen LogP contribution is 2.29. The highest BCUT2D eigenvalue weighted by atomic mass is 32.1. The van der Waals surface area contributed by atoms with Gasteiger partial charge in [0, 0.05) is 42.0 Å². The number of hydrogen-bond donors (Lipinski definition) is 2. The van der Waals surface area contributed by atoms with E-state index in [4.69, 9.17) is 4.98 Å². The van der Waals surface area contributed by atoms with Gasteiger partial charge in [-0.25, -0.2) is 4.98 Å². The van der Waals surface area contributed by atoms with Gasteiger partial charge in [0.1, 0.15) is 11.9 Å². The number of aromatic nitrogens is 2. The molecule has 8 heteroatoms. The molecule has 2 amide bonds. The minimum absolute atomic E-state index is 0.107. The second-order valence-corrected chi connectivity index (χ2v) is 14.2. The summed E-state index contributed by atoms with van der Waals surface area (Å²) >= 11 is 1.74. The number of fused-ring (bicyclic) bond motifs is 1. The first-order valence-electron chi connectivity index (χ1n) is 17.3. The van der Waals surface area contributed by atoms with Crippen molar-refractivity contribution in [1.29, 1.82) is 0 Å². The van der Waals surface area contributed by atoms with Gasteiger partial charge in [0.25, 0.3) is 5.91 Å². The van der Waals surface area contributed by atoms with Crippen LogP contribution in [0.3, 0.4) is 0 Å². The quantitative estimate of drug-likeness (QED) is 0.139. The number of nitrogens with one attached hydrogen (secondary N) is 2. The molecule has 0 bridgehead atoms. The van der Waals surface area contributed by atoms with Crippen LogP contribution in [0.1, 0.15) is 105 Å². The molecule has 246 valence electrons. The summed E-state index contributed by atoms with van der Waals surface area (Å²) in [6.45, 7) is 11.2. The van der Waals surface area contributed by atoms with E-state index < -0.39 is 6.04 Å². The van der Waals surface area contributed by atoms with Crippen molar-refractivity contribution in [3.05, 3.63) is 87.9 Å². The summed E-state index contributed by atoms with van der Waals surface area (Å²) in [6, 6.07) is 20.8. The molecule has 7 nitrogen and oxygen atoms in total. The molecule has 0 saturated carbocycles. The van der Waals surface area contributed by atoms with Crippen LogP contribution in [0.5, 0.6) is 0 Å². The lowest BCUT2D eigenvalue weighted by molar-refractivity contribution is -0.123. The van der Waals surface area contributed by atoms with Crippen LogP contribution in [0.4, 0.5) is 0 Å². The van der Waals surface area contributed by atoms with Crippen molar-refractivity contribution < 1.29 is 9.59 Å². The van der Waals surface area contributed by atoms with E-state index in [2.05, 4.69) is 95.6 Å². The Labute approximate surface area is 278 Å². The van der Waals surface area contributed by atoms with Crippen molar-refractivity contribution in [1.82, 2.24) is 25.1 Å². The number of carbonyl (C=O) groups excluding carboxylic acids is 2. The number of hydrogen-bond acceptors (Lipinski definition) is 5. The predicted octanol–water partition coefficient (Wildman–Crippen LogP) is 7.76. The summed E-state index contributed by atoms with van der Waals surface area (Å²) in [5.74, 6) is 0.945. The average Bonchev–Trinajstić information content (AvgIpc) is 3.70. The molecule has 1 unspecified atom stereocenters. The van der Waals surface area contributed by atoms with Crippen LogP contribution in [-0.2, 0) is 17.8 Å². The van der Waals surface area contributed by atoms with Crippen LogP contribution in [0.2, 0.25) is 0 Å². The summed E-state index contributed by atoms with van der Waals surface area (Å²) in [5.41, 5.74) is 3.74. The number of nitrogens with zero attached hydrogens (tertiary/aromatic N) is 3. The van der Waals surface area contributed by atoms with Crippen molar-refractivity contribution in [2.24, 2.45) is 5.92 Å². The molecule has 2 atom stereocenters. The molecule has 3 heterocycles. The summed E-state index contributed by atoms with van der Waals surface area (Å²) in [7, 11) is 0. The molecular formula is C38H51N5O2S. The van der Waals surface area contributed by atoms with E-state index in [1.807, 2.05) is 18.2 Å². The van der Waals surface area contributed by atoms with Gasteiger partial charge in [0.2, 0.25) is 5.91 Å². The van der Waals surface area contributed by atoms with Gasteiger partial charge >= 0.3 is 0 Å². The van der Waals surface area contributed by atoms with E-state index in [0.717, 1.165) is 62.1 Å². The van der Waals surface area contributed by atoms with E-state index in [1.54, 1.807) is 11.3 Å². The van der Waals surface area contributed by atoms with Crippen LogP contribution in [0.15, 0.2) is 66.0 Å². The Balaban J connectivity index is 1.25. The molecule has 2 aromatic carbocycles. The first kappa shape index (κ1) is 33.9. The van der Waals surface area contributed by atoms with Crippen molar-refractivity contribution >= 4 is 34.2 Å². The minimum atomic E-state index is -0.591. The topological polar surface area (TPSA) is 79.3 Å². The molecule has 46 heavy (non-hydrogen) atoms. The third kappa shape index (κ3) is 8.65. The molecule has 0 aliphatic carbocycles. The van der Waals surface area contributed by atoms with Gasteiger partial charge in [0.05, 0.1) is 11.0 Å². The number of thiophene rings is 1. The fourth-order valence-corrected chi connectivity index (χ4v) is 7.59. The summed E-state index contributed by atoms with van der Waals surface area (Å²) in [4.78, 5) is 35.9. The number of rotatable bonds is 15. The van der Waals surface area contributed by atoms with Gasteiger partial charge in [-0.1, -0.05) is 70.5 Å². The number of amides is 2. The zero-order chi connectivity index (χ0) is 32.5. The van der Waals surface area contributed by atoms with Crippen LogP contribution < -0.4 is 10.6 Å². The fourth-order valence-electron chi connectivity index (χ4n) is 6.89. The molecule has 4 aromatic rings. The maximum Gasteiger partial charge on any atom is 0.252 e. The second kappa shape index (κ2) is 16.4. The highest BCUT2D eigenvalue weighted by molar-refractivity contribution is 7.09. The van der Waals surface area contributed by atoms with Gasteiger partial charge in [0.15, 0.2) is 0 Å². The number of piperidine rings is 1. The van der Waals surface area contributed by atoms with Gasteiger partial charge in [-0.3, -0.25) is 14.5 Å². The smallest absolute Gasteiger partial charge is 0.252 e. The molecule has 0 radical (unpaired) electrons. The van der Waals surface area contributed by atoms with Gasteiger partial charge in [-0.2, -0.15) is 0 Å². The monoisotopic (exact) mass is 641 g/mol. The molecule has 2 N–H and O–H groups in total. The van der Waals surface area contributed by atoms with Gasteiger partial charge in [-0.05, 0) is 86.2 Å². The number of carbonyl (C=O) groups is 2. The van der Waals surface area contributed by atoms with Crippen LogP contribution >= 0.6 is 11.3 Å². The SMILES string of the molecule is CCC(CC)n1c(Cc2cccs2)nc2cc(C(=O)N[C@@H](CC(C)C)C(=O)NCCC3CCCCN3Cc3ccccc3)ccc21. The lowest BCUT2D eigenvalue weighted by Crippen LogP contribution is -2.48. The second-order valence-electron chi connectivity index (χ2n) is 13.2. The lowest BCUT2D eigenvalue weighted by atomic mass is 9.98. The average molecular weight is 642 g/mol. The molecule has 1 aliphatic heterocycles. The predicted molar refractivity (Wildman–Crippen MR) is 189 cm³/mol. The van der Waals surface area contributed by atoms with Crippen molar-refractivity contribution in [3.63, 3.8) is 0 Å². The van der Waals surface area contributed by atoms with Crippen LogP contribution in [0, 0.1) is 5.92 Å². The van der Waals surface area contributed by atoms with Crippen molar-refractivity contribution in [2.75, 3.05) is 13.1 Å². The number of imidazole rings is 1. The molecule has 0 spiro atoms. The largest absolute Gasteiger partial charge is 0.354 e. The van der Waals surface area contributed by atoms with Crippen LogP contribution in [0.25, 0.3) is 11.0 Å².